The van der Waals surface area contributed by atoms with Gasteiger partial charge in [-0.3, -0.25) is 4.79 Å². The van der Waals surface area contributed by atoms with E-state index in [1.165, 1.54) is 0 Å². The molecule has 0 radical (unpaired) electrons. The van der Waals surface area contributed by atoms with Gasteiger partial charge in [0, 0.05) is 18.0 Å². The Balaban J connectivity index is 2.22. The lowest BCUT2D eigenvalue weighted by Gasteiger charge is -2.12. The summed E-state index contributed by atoms with van der Waals surface area (Å²) in [5.74, 6) is -1.95. The first-order valence-electron chi connectivity index (χ1n) is 7.68. The van der Waals surface area contributed by atoms with E-state index in [1.54, 1.807) is 6.07 Å². The standard InChI is InChI=1S/C19H17F2N3O/c1-3-13-6-4-5-12(2)18(13)24-19(25)14(10-22)11-23-17-9-15(20)7-8-16(17)21/h4-9,11,23H,3H2,1-2H3,(H,24,25)/b14-11-. The van der Waals surface area contributed by atoms with Crippen molar-refractivity contribution in [1.82, 2.24) is 0 Å². The fourth-order valence-electron chi connectivity index (χ4n) is 2.29. The Morgan fingerprint density at radius 2 is 2.04 bits per heavy atom. The van der Waals surface area contributed by atoms with E-state index < -0.39 is 17.5 Å². The van der Waals surface area contributed by atoms with E-state index in [-0.39, 0.29) is 11.3 Å². The number of para-hydroxylation sites is 1. The Bertz CT molecular complexity index is 869. The molecule has 0 aliphatic rings. The van der Waals surface area contributed by atoms with Crippen LogP contribution in [0.15, 0.2) is 48.2 Å². The molecule has 2 rings (SSSR count). The van der Waals surface area contributed by atoms with E-state index in [0.29, 0.717) is 5.69 Å². The van der Waals surface area contributed by atoms with E-state index in [1.807, 2.05) is 32.0 Å². The van der Waals surface area contributed by atoms with Gasteiger partial charge in [-0.25, -0.2) is 8.78 Å². The van der Waals surface area contributed by atoms with Crippen LogP contribution in [0.2, 0.25) is 0 Å². The Hall–Kier alpha value is -3.20. The molecule has 0 fully saturated rings. The van der Waals surface area contributed by atoms with Crippen LogP contribution in [-0.2, 0) is 11.2 Å². The number of aryl methyl sites for hydroxylation is 2. The summed E-state index contributed by atoms with van der Waals surface area (Å²) in [6, 6.07) is 10.3. The average molecular weight is 341 g/mol. The van der Waals surface area contributed by atoms with Gasteiger partial charge < -0.3 is 10.6 Å². The SMILES string of the molecule is CCc1cccc(C)c1NC(=O)/C(C#N)=C\Nc1cc(F)ccc1F. The molecule has 0 saturated carbocycles. The highest BCUT2D eigenvalue weighted by atomic mass is 19.1. The lowest BCUT2D eigenvalue weighted by molar-refractivity contribution is -0.112. The molecule has 6 heteroatoms. The Labute approximate surface area is 144 Å². The molecule has 0 bridgehead atoms. The molecule has 0 atom stereocenters. The van der Waals surface area contributed by atoms with E-state index in [2.05, 4.69) is 10.6 Å². The number of carbonyl (C=O) groups excluding carboxylic acids is 1. The van der Waals surface area contributed by atoms with Gasteiger partial charge in [-0.2, -0.15) is 5.26 Å². The third-order valence-corrected chi connectivity index (χ3v) is 3.64. The normalized spacial score (nSPS) is 10.9. The van der Waals surface area contributed by atoms with E-state index in [4.69, 9.17) is 0 Å². The second-order valence-electron chi connectivity index (χ2n) is 5.36. The van der Waals surface area contributed by atoms with Crippen molar-refractivity contribution in [3.63, 3.8) is 0 Å². The minimum atomic E-state index is -0.692. The minimum Gasteiger partial charge on any atom is -0.358 e. The van der Waals surface area contributed by atoms with Crippen LogP contribution < -0.4 is 10.6 Å². The van der Waals surface area contributed by atoms with Crippen LogP contribution in [0.4, 0.5) is 20.2 Å². The average Bonchev–Trinajstić information content (AvgIpc) is 2.60. The van der Waals surface area contributed by atoms with Gasteiger partial charge in [0.05, 0.1) is 5.69 Å². The molecule has 0 saturated heterocycles. The first kappa shape index (κ1) is 18.1. The Morgan fingerprint density at radius 3 is 2.72 bits per heavy atom. The van der Waals surface area contributed by atoms with Gasteiger partial charge in [0.25, 0.3) is 5.91 Å². The molecule has 2 aromatic rings. The zero-order chi connectivity index (χ0) is 18.4. The first-order chi connectivity index (χ1) is 12.0. The maximum absolute atomic E-state index is 13.6. The van der Waals surface area contributed by atoms with Crippen molar-refractivity contribution in [2.24, 2.45) is 0 Å². The summed E-state index contributed by atoms with van der Waals surface area (Å²) in [4.78, 5) is 12.3. The maximum Gasteiger partial charge on any atom is 0.267 e. The summed E-state index contributed by atoms with van der Waals surface area (Å²) in [5, 5.41) is 14.3. The third-order valence-electron chi connectivity index (χ3n) is 3.64. The number of nitriles is 1. The summed E-state index contributed by atoms with van der Waals surface area (Å²) >= 11 is 0. The lowest BCUT2D eigenvalue weighted by Crippen LogP contribution is -2.16. The van der Waals surface area contributed by atoms with Crippen LogP contribution >= 0.6 is 0 Å². The molecule has 0 heterocycles. The lowest BCUT2D eigenvalue weighted by atomic mass is 10.1. The van der Waals surface area contributed by atoms with Crippen LogP contribution in [0.1, 0.15) is 18.1 Å². The summed E-state index contributed by atoms with van der Waals surface area (Å²) in [7, 11) is 0. The highest BCUT2D eigenvalue weighted by Crippen LogP contribution is 2.22. The number of hydrogen-bond acceptors (Lipinski definition) is 3. The second kappa shape index (κ2) is 8.06. The van der Waals surface area contributed by atoms with Crippen molar-refractivity contribution < 1.29 is 13.6 Å². The number of rotatable bonds is 5. The zero-order valence-corrected chi connectivity index (χ0v) is 13.9. The molecule has 25 heavy (non-hydrogen) atoms. The minimum absolute atomic E-state index is 0.161. The number of nitrogens with one attached hydrogen (secondary N) is 2. The molecule has 4 nitrogen and oxygen atoms in total. The van der Waals surface area contributed by atoms with E-state index in [9.17, 15) is 18.8 Å². The number of hydrogen-bond donors (Lipinski definition) is 2. The van der Waals surface area contributed by atoms with E-state index >= 15 is 0 Å². The largest absolute Gasteiger partial charge is 0.358 e. The molecule has 0 aliphatic carbocycles. The van der Waals surface area contributed by atoms with E-state index in [0.717, 1.165) is 41.9 Å². The predicted octanol–water partition coefficient (Wildman–Crippen LogP) is 4.29. The number of benzene rings is 2. The summed E-state index contributed by atoms with van der Waals surface area (Å²) < 4.78 is 26.7. The highest BCUT2D eigenvalue weighted by Gasteiger charge is 2.13. The number of nitrogens with zero attached hydrogens (tertiary/aromatic N) is 1. The maximum atomic E-state index is 13.6. The fourth-order valence-corrected chi connectivity index (χ4v) is 2.29. The highest BCUT2D eigenvalue weighted by molar-refractivity contribution is 6.07. The van der Waals surface area contributed by atoms with Crippen LogP contribution in [0.3, 0.4) is 0 Å². The molecule has 1 amide bonds. The van der Waals surface area contributed by atoms with Crippen molar-refractivity contribution in [3.05, 3.63) is 70.9 Å². The quantitative estimate of drug-likeness (QED) is 0.630. The van der Waals surface area contributed by atoms with Gasteiger partial charge in [0.15, 0.2) is 0 Å². The topological polar surface area (TPSA) is 64.9 Å². The summed E-state index contributed by atoms with van der Waals surface area (Å²) in [6.45, 7) is 3.81. The van der Waals surface area contributed by atoms with Gasteiger partial charge in [-0.05, 0) is 36.6 Å². The predicted molar refractivity (Wildman–Crippen MR) is 92.9 cm³/mol. The van der Waals surface area contributed by atoms with Gasteiger partial charge in [-0.15, -0.1) is 0 Å². The molecule has 2 aromatic carbocycles. The molecule has 128 valence electrons. The van der Waals surface area contributed by atoms with Crippen molar-refractivity contribution in [1.29, 1.82) is 5.26 Å². The zero-order valence-electron chi connectivity index (χ0n) is 13.9. The van der Waals surface area contributed by atoms with Gasteiger partial charge in [0.1, 0.15) is 23.3 Å². The smallest absolute Gasteiger partial charge is 0.267 e. The molecule has 0 aliphatic heterocycles. The number of carbonyl (C=O) groups is 1. The fraction of sp³-hybridized carbons (Fsp3) is 0.158. The molecule has 0 spiro atoms. The Kier molecular flexibility index (Phi) is 5.85. The summed E-state index contributed by atoms with van der Waals surface area (Å²) in [5.41, 5.74) is 2.04. The van der Waals surface area contributed by atoms with Crippen LogP contribution in [0.5, 0.6) is 0 Å². The monoisotopic (exact) mass is 341 g/mol. The summed E-state index contributed by atoms with van der Waals surface area (Å²) in [6.07, 6.45) is 1.77. The van der Waals surface area contributed by atoms with Crippen LogP contribution in [0.25, 0.3) is 0 Å². The number of halogens is 2. The number of amides is 1. The van der Waals surface area contributed by atoms with Crippen molar-refractivity contribution in [3.8, 4) is 6.07 Å². The van der Waals surface area contributed by atoms with Crippen molar-refractivity contribution >= 4 is 17.3 Å². The van der Waals surface area contributed by atoms with Crippen LogP contribution in [-0.4, -0.2) is 5.91 Å². The molecule has 0 unspecified atom stereocenters. The molecule has 2 N–H and O–H groups in total. The van der Waals surface area contributed by atoms with Gasteiger partial charge >= 0.3 is 0 Å². The van der Waals surface area contributed by atoms with Gasteiger partial charge in [-0.1, -0.05) is 25.1 Å². The third kappa shape index (κ3) is 4.42. The molecular formula is C19H17F2N3O. The first-order valence-corrected chi connectivity index (χ1v) is 7.68. The van der Waals surface area contributed by atoms with Gasteiger partial charge in [0.2, 0.25) is 0 Å². The number of anilines is 2. The Morgan fingerprint density at radius 1 is 1.28 bits per heavy atom. The molecule has 0 aromatic heterocycles. The molecular weight excluding hydrogens is 324 g/mol. The van der Waals surface area contributed by atoms with Crippen LogP contribution in [0, 0.1) is 29.9 Å². The van der Waals surface area contributed by atoms with Crippen molar-refractivity contribution in [2.75, 3.05) is 10.6 Å². The second-order valence-corrected chi connectivity index (χ2v) is 5.36. The van der Waals surface area contributed by atoms with Crippen molar-refractivity contribution in [2.45, 2.75) is 20.3 Å².